The molecule has 10 nitrogen and oxygen atoms in total. The number of benzene rings is 2. The highest BCUT2D eigenvalue weighted by atomic mass is 32.2. The van der Waals surface area contributed by atoms with Crippen molar-refractivity contribution in [1.29, 1.82) is 0 Å². The fraction of sp³-hybridized carbons (Fsp3) is 0.333. The first kappa shape index (κ1) is 24.8. The Kier molecular flexibility index (Phi) is 7.22. The molecule has 12 heteroatoms. The SMILES string of the molecule is Cc1ccc(S(=O)(=O)N2CCCC2C(=O)NNC(=O)c2cccc(S(=O)(=O)N(C)C)c2)cc1. The van der Waals surface area contributed by atoms with Crippen LogP contribution in [0.5, 0.6) is 0 Å². The van der Waals surface area contributed by atoms with Gasteiger partial charge in [0, 0.05) is 26.2 Å². The summed E-state index contributed by atoms with van der Waals surface area (Å²) < 4.78 is 52.7. The van der Waals surface area contributed by atoms with Crippen LogP contribution in [0.25, 0.3) is 0 Å². The highest BCUT2D eigenvalue weighted by Gasteiger charge is 2.39. The first-order valence-corrected chi connectivity index (χ1v) is 13.0. The Bertz CT molecular complexity index is 1260. The van der Waals surface area contributed by atoms with Gasteiger partial charge in [0.15, 0.2) is 0 Å². The van der Waals surface area contributed by atoms with Crippen LogP contribution in [-0.2, 0) is 24.8 Å². The zero-order chi connectivity index (χ0) is 24.4. The second-order valence-electron chi connectivity index (χ2n) is 7.85. The topological polar surface area (TPSA) is 133 Å². The van der Waals surface area contributed by atoms with Crippen LogP contribution in [0.1, 0.15) is 28.8 Å². The van der Waals surface area contributed by atoms with E-state index in [2.05, 4.69) is 10.9 Å². The number of hydrogen-bond acceptors (Lipinski definition) is 6. The second kappa shape index (κ2) is 9.59. The Labute approximate surface area is 193 Å². The summed E-state index contributed by atoms with van der Waals surface area (Å²) in [6, 6.07) is 10.8. The van der Waals surface area contributed by atoms with Crippen LogP contribution < -0.4 is 10.9 Å². The maximum absolute atomic E-state index is 13.0. The van der Waals surface area contributed by atoms with Gasteiger partial charge in [-0.2, -0.15) is 4.31 Å². The number of nitrogens with one attached hydrogen (secondary N) is 2. The lowest BCUT2D eigenvalue weighted by atomic mass is 10.2. The molecular formula is C21H26N4O6S2. The van der Waals surface area contributed by atoms with E-state index in [1.807, 2.05) is 6.92 Å². The normalized spacial score (nSPS) is 17.2. The molecule has 1 heterocycles. The van der Waals surface area contributed by atoms with Gasteiger partial charge in [0.05, 0.1) is 9.79 Å². The molecule has 1 aliphatic rings. The van der Waals surface area contributed by atoms with Gasteiger partial charge in [-0.1, -0.05) is 23.8 Å². The van der Waals surface area contributed by atoms with Gasteiger partial charge >= 0.3 is 0 Å². The van der Waals surface area contributed by atoms with Crippen molar-refractivity contribution in [1.82, 2.24) is 19.5 Å². The lowest BCUT2D eigenvalue weighted by Crippen LogP contribution is -2.51. The molecule has 2 aromatic rings. The molecule has 0 aliphatic carbocycles. The largest absolute Gasteiger partial charge is 0.271 e. The quantitative estimate of drug-likeness (QED) is 0.573. The standard InChI is InChI=1S/C21H26N4O6S2/c1-15-9-11-17(12-10-15)33(30,31)25-13-5-8-19(25)21(27)23-22-20(26)16-6-4-7-18(14-16)32(28,29)24(2)3/h4,6-7,9-12,14,19H,5,8,13H2,1-3H3,(H,22,26)(H,23,27). The van der Waals surface area contributed by atoms with E-state index in [4.69, 9.17) is 0 Å². The van der Waals surface area contributed by atoms with E-state index in [9.17, 15) is 26.4 Å². The lowest BCUT2D eigenvalue weighted by Gasteiger charge is -2.23. The number of carbonyl (C=O) groups excluding carboxylic acids is 2. The highest BCUT2D eigenvalue weighted by Crippen LogP contribution is 2.26. The Hall–Kier alpha value is -2.80. The molecular weight excluding hydrogens is 468 g/mol. The van der Waals surface area contributed by atoms with Gasteiger partial charge in [-0.25, -0.2) is 21.1 Å². The van der Waals surface area contributed by atoms with Gasteiger partial charge < -0.3 is 0 Å². The predicted octanol–water partition coefficient (Wildman–Crippen LogP) is 0.860. The minimum atomic E-state index is -3.88. The Balaban J connectivity index is 1.70. The molecule has 0 bridgehead atoms. The van der Waals surface area contributed by atoms with E-state index in [0.29, 0.717) is 12.8 Å². The van der Waals surface area contributed by atoms with Crippen molar-refractivity contribution in [3.63, 3.8) is 0 Å². The molecule has 0 radical (unpaired) electrons. The first-order chi connectivity index (χ1) is 15.4. The molecule has 0 spiro atoms. The minimum Gasteiger partial charge on any atom is -0.271 e. The number of nitrogens with zero attached hydrogens (tertiary/aromatic N) is 2. The molecule has 0 saturated carbocycles. The zero-order valence-electron chi connectivity index (χ0n) is 18.5. The van der Waals surface area contributed by atoms with E-state index in [1.54, 1.807) is 12.1 Å². The number of rotatable bonds is 6. The number of amides is 2. The Morgan fingerprint density at radius 1 is 0.970 bits per heavy atom. The smallest absolute Gasteiger partial charge is 0.269 e. The number of hydrazine groups is 1. The average molecular weight is 495 g/mol. The fourth-order valence-corrected chi connectivity index (χ4v) is 6.02. The molecule has 2 aromatic carbocycles. The van der Waals surface area contributed by atoms with Gasteiger partial charge in [0.25, 0.3) is 11.8 Å². The monoisotopic (exact) mass is 494 g/mol. The van der Waals surface area contributed by atoms with Crippen LogP contribution in [0, 0.1) is 6.92 Å². The molecule has 33 heavy (non-hydrogen) atoms. The number of sulfonamides is 2. The predicted molar refractivity (Wildman–Crippen MR) is 121 cm³/mol. The van der Waals surface area contributed by atoms with E-state index in [-0.39, 0.29) is 21.9 Å². The van der Waals surface area contributed by atoms with E-state index in [1.165, 1.54) is 50.5 Å². The fourth-order valence-electron chi connectivity index (χ4n) is 3.42. The van der Waals surface area contributed by atoms with Gasteiger partial charge in [-0.3, -0.25) is 20.4 Å². The summed E-state index contributed by atoms with van der Waals surface area (Å²) in [5.74, 6) is -1.40. The van der Waals surface area contributed by atoms with Crippen LogP contribution in [0.3, 0.4) is 0 Å². The summed E-state index contributed by atoms with van der Waals surface area (Å²) in [6.45, 7) is 2.03. The molecule has 1 fully saturated rings. The highest BCUT2D eigenvalue weighted by molar-refractivity contribution is 7.89. The Morgan fingerprint density at radius 3 is 2.27 bits per heavy atom. The number of carbonyl (C=O) groups is 2. The zero-order valence-corrected chi connectivity index (χ0v) is 20.1. The van der Waals surface area contributed by atoms with E-state index in [0.717, 1.165) is 14.2 Å². The molecule has 3 rings (SSSR count). The van der Waals surface area contributed by atoms with Crippen LogP contribution in [0.2, 0.25) is 0 Å². The van der Waals surface area contributed by atoms with Gasteiger partial charge in [-0.05, 0) is 50.1 Å². The van der Waals surface area contributed by atoms with Gasteiger partial charge in [0.1, 0.15) is 6.04 Å². The van der Waals surface area contributed by atoms with Crippen LogP contribution in [0.4, 0.5) is 0 Å². The van der Waals surface area contributed by atoms with E-state index >= 15 is 0 Å². The summed E-state index contributed by atoms with van der Waals surface area (Å²) in [5, 5.41) is 0. The van der Waals surface area contributed by atoms with Crippen molar-refractivity contribution in [3.05, 3.63) is 59.7 Å². The third kappa shape index (κ3) is 5.24. The molecule has 2 amide bonds. The van der Waals surface area contributed by atoms with Crippen LogP contribution >= 0.6 is 0 Å². The van der Waals surface area contributed by atoms with Crippen LogP contribution in [0.15, 0.2) is 58.3 Å². The maximum atomic E-state index is 13.0. The average Bonchev–Trinajstić information content (AvgIpc) is 3.28. The summed E-state index contributed by atoms with van der Waals surface area (Å²) in [7, 11) is -4.87. The summed E-state index contributed by atoms with van der Waals surface area (Å²) in [5.41, 5.74) is 5.43. The van der Waals surface area contributed by atoms with Crippen molar-refractivity contribution in [2.24, 2.45) is 0 Å². The summed E-state index contributed by atoms with van der Waals surface area (Å²) >= 11 is 0. The summed E-state index contributed by atoms with van der Waals surface area (Å²) in [4.78, 5) is 25.2. The third-order valence-electron chi connectivity index (χ3n) is 5.31. The van der Waals surface area contributed by atoms with Crippen molar-refractivity contribution in [3.8, 4) is 0 Å². The molecule has 2 N–H and O–H groups in total. The third-order valence-corrected chi connectivity index (χ3v) is 9.04. The summed E-state index contributed by atoms with van der Waals surface area (Å²) in [6.07, 6.45) is 0.810. The van der Waals surface area contributed by atoms with Crippen molar-refractivity contribution >= 4 is 31.9 Å². The second-order valence-corrected chi connectivity index (χ2v) is 11.9. The van der Waals surface area contributed by atoms with E-state index < -0.39 is 37.9 Å². The van der Waals surface area contributed by atoms with Crippen molar-refractivity contribution < 1.29 is 26.4 Å². The van der Waals surface area contributed by atoms with Gasteiger partial charge in [0.2, 0.25) is 20.0 Å². The number of hydrogen-bond donors (Lipinski definition) is 2. The molecule has 0 aromatic heterocycles. The van der Waals surface area contributed by atoms with Crippen LogP contribution in [-0.4, -0.2) is 63.9 Å². The molecule has 1 atom stereocenters. The minimum absolute atomic E-state index is 0.0220. The first-order valence-electron chi connectivity index (χ1n) is 10.2. The Morgan fingerprint density at radius 2 is 1.64 bits per heavy atom. The molecule has 1 saturated heterocycles. The maximum Gasteiger partial charge on any atom is 0.269 e. The van der Waals surface area contributed by atoms with Crippen molar-refractivity contribution in [2.45, 2.75) is 35.6 Å². The lowest BCUT2D eigenvalue weighted by molar-refractivity contribution is -0.125. The molecule has 178 valence electrons. The molecule has 1 unspecified atom stereocenters. The van der Waals surface area contributed by atoms with Crippen molar-refractivity contribution in [2.75, 3.05) is 20.6 Å². The van der Waals surface area contributed by atoms with Gasteiger partial charge in [-0.15, -0.1) is 0 Å². The molecule has 1 aliphatic heterocycles. The number of aryl methyl sites for hydroxylation is 1.